The van der Waals surface area contributed by atoms with Gasteiger partial charge in [-0.1, -0.05) is 32.9 Å². The Morgan fingerprint density at radius 2 is 1.89 bits per heavy atom. The second kappa shape index (κ2) is 8.88. The topological polar surface area (TPSA) is 84.9 Å². The number of hydrogen-bond acceptors (Lipinski definition) is 5. The summed E-state index contributed by atoms with van der Waals surface area (Å²) in [4.78, 5) is 37.8. The fourth-order valence-electron chi connectivity index (χ4n) is 2.87. The first-order chi connectivity index (χ1) is 12.7. The van der Waals surface area contributed by atoms with Crippen molar-refractivity contribution >= 4 is 17.8 Å². The zero-order valence-corrected chi connectivity index (χ0v) is 16.4. The van der Waals surface area contributed by atoms with Gasteiger partial charge >= 0.3 is 5.97 Å². The minimum absolute atomic E-state index is 0.0375. The van der Waals surface area contributed by atoms with Gasteiger partial charge in [-0.25, -0.2) is 0 Å². The van der Waals surface area contributed by atoms with Crippen molar-refractivity contribution in [2.24, 2.45) is 0 Å². The van der Waals surface area contributed by atoms with E-state index in [4.69, 9.17) is 9.47 Å². The van der Waals surface area contributed by atoms with Crippen LogP contribution in [0.5, 0.6) is 5.75 Å². The van der Waals surface area contributed by atoms with Crippen molar-refractivity contribution in [1.29, 1.82) is 0 Å². The number of carbonyl (C=O) groups excluding carboxylic acids is 3. The Morgan fingerprint density at radius 3 is 2.48 bits per heavy atom. The highest BCUT2D eigenvalue weighted by Gasteiger charge is 2.35. The van der Waals surface area contributed by atoms with E-state index in [1.165, 1.54) is 10.5 Å². The van der Waals surface area contributed by atoms with Gasteiger partial charge in [0.15, 0.2) is 6.61 Å². The van der Waals surface area contributed by atoms with Crippen LogP contribution >= 0.6 is 0 Å². The molecule has 1 N–H and O–H groups in total. The third-order valence-corrected chi connectivity index (χ3v) is 4.40. The summed E-state index contributed by atoms with van der Waals surface area (Å²) in [7, 11) is 0. The normalized spacial score (nSPS) is 17.3. The van der Waals surface area contributed by atoms with Crippen LogP contribution in [0.3, 0.4) is 0 Å². The van der Waals surface area contributed by atoms with Gasteiger partial charge in [0, 0.05) is 13.1 Å². The van der Waals surface area contributed by atoms with Crippen LogP contribution in [0.1, 0.15) is 39.7 Å². The predicted octanol–water partition coefficient (Wildman–Crippen LogP) is 1.64. The largest absolute Gasteiger partial charge is 0.484 e. The summed E-state index contributed by atoms with van der Waals surface area (Å²) in [6.07, 6.45) is -0.161. The molecule has 27 heavy (non-hydrogen) atoms. The van der Waals surface area contributed by atoms with E-state index in [0.717, 1.165) is 0 Å². The van der Waals surface area contributed by atoms with E-state index in [1.54, 1.807) is 6.92 Å². The van der Waals surface area contributed by atoms with Crippen LogP contribution in [-0.2, 0) is 24.5 Å². The maximum Gasteiger partial charge on any atom is 0.308 e. The quantitative estimate of drug-likeness (QED) is 0.763. The van der Waals surface area contributed by atoms with Crippen LogP contribution in [0.4, 0.5) is 0 Å². The minimum atomic E-state index is -0.864. The summed E-state index contributed by atoms with van der Waals surface area (Å²) in [6.45, 7) is 8.79. The molecule has 2 amide bonds. The smallest absolute Gasteiger partial charge is 0.308 e. The first kappa shape index (κ1) is 20.7. The summed E-state index contributed by atoms with van der Waals surface area (Å²) >= 11 is 0. The molecule has 1 aromatic rings. The number of esters is 1. The van der Waals surface area contributed by atoms with Crippen molar-refractivity contribution < 1.29 is 23.9 Å². The third kappa shape index (κ3) is 5.70. The van der Waals surface area contributed by atoms with E-state index in [-0.39, 0.29) is 36.9 Å². The van der Waals surface area contributed by atoms with Crippen molar-refractivity contribution in [2.45, 2.75) is 45.6 Å². The summed E-state index contributed by atoms with van der Waals surface area (Å²) in [5, 5.41) is 2.68. The molecule has 1 aliphatic heterocycles. The zero-order chi connectivity index (χ0) is 20.0. The molecule has 1 aliphatic rings. The van der Waals surface area contributed by atoms with Crippen molar-refractivity contribution in [3.63, 3.8) is 0 Å². The van der Waals surface area contributed by atoms with Crippen LogP contribution < -0.4 is 10.1 Å². The molecule has 0 bridgehead atoms. The van der Waals surface area contributed by atoms with Gasteiger partial charge in [-0.2, -0.15) is 0 Å². The number of nitrogens with zero attached hydrogens (tertiary/aromatic N) is 1. The van der Waals surface area contributed by atoms with Gasteiger partial charge in [-0.3, -0.25) is 14.4 Å². The molecular weight excluding hydrogens is 348 g/mol. The molecule has 1 heterocycles. The van der Waals surface area contributed by atoms with E-state index in [2.05, 4.69) is 26.1 Å². The summed E-state index contributed by atoms with van der Waals surface area (Å²) in [5.41, 5.74) is 1.21. The molecule has 1 saturated heterocycles. The number of carbonyl (C=O) groups is 3. The van der Waals surface area contributed by atoms with Crippen LogP contribution in [0, 0.1) is 0 Å². The van der Waals surface area contributed by atoms with E-state index >= 15 is 0 Å². The lowest BCUT2D eigenvalue weighted by atomic mass is 9.87. The van der Waals surface area contributed by atoms with Crippen molar-refractivity contribution in [3.05, 3.63) is 29.8 Å². The molecule has 0 unspecified atom stereocenters. The highest BCUT2D eigenvalue weighted by molar-refractivity contribution is 5.92. The van der Waals surface area contributed by atoms with Crippen LogP contribution in [0.25, 0.3) is 0 Å². The Kier molecular flexibility index (Phi) is 6.82. The minimum Gasteiger partial charge on any atom is -0.484 e. The SMILES string of the molecule is CCOC(=O)C[C@@H]1C(=O)NCCN1C(=O)COc1ccc(C(C)(C)C)cc1. The number of hydrogen-bond donors (Lipinski definition) is 1. The average molecular weight is 376 g/mol. The van der Waals surface area contributed by atoms with Crippen LogP contribution in [-0.4, -0.2) is 55.0 Å². The number of ether oxygens (including phenoxy) is 2. The molecule has 1 atom stereocenters. The monoisotopic (exact) mass is 376 g/mol. The van der Waals surface area contributed by atoms with Gasteiger partial charge < -0.3 is 19.7 Å². The Labute approximate surface area is 160 Å². The highest BCUT2D eigenvalue weighted by Crippen LogP contribution is 2.24. The number of piperazine rings is 1. The Bertz CT molecular complexity index is 679. The highest BCUT2D eigenvalue weighted by atomic mass is 16.5. The molecule has 148 valence electrons. The van der Waals surface area contributed by atoms with E-state index < -0.39 is 12.0 Å². The summed E-state index contributed by atoms with van der Waals surface area (Å²) in [5.74, 6) is -0.605. The fourth-order valence-corrected chi connectivity index (χ4v) is 2.87. The zero-order valence-electron chi connectivity index (χ0n) is 16.4. The molecule has 7 nitrogen and oxygen atoms in total. The Morgan fingerprint density at radius 1 is 1.22 bits per heavy atom. The lowest BCUT2D eigenvalue weighted by Crippen LogP contribution is -2.58. The van der Waals surface area contributed by atoms with E-state index in [1.807, 2.05) is 24.3 Å². The molecule has 7 heteroatoms. The van der Waals surface area contributed by atoms with Gasteiger partial charge in [0.1, 0.15) is 11.8 Å². The number of rotatable bonds is 6. The van der Waals surface area contributed by atoms with Crippen LogP contribution in [0.2, 0.25) is 0 Å². The maximum absolute atomic E-state index is 12.6. The number of benzene rings is 1. The van der Waals surface area contributed by atoms with Crippen LogP contribution in [0.15, 0.2) is 24.3 Å². The Balaban J connectivity index is 1.98. The third-order valence-electron chi connectivity index (χ3n) is 4.40. The summed E-state index contributed by atoms with van der Waals surface area (Å²) < 4.78 is 10.5. The first-order valence-corrected chi connectivity index (χ1v) is 9.18. The second-order valence-electron chi connectivity index (χ2n) is 7.47. The molecule has 1 fully saturated rings. The van der Waals surface area contributed by atoms with Crippen molar-refractivity contribution in [1.82, 2.24) is 10.2 Å². The molecule has 0 spiro atoms. The van der Waals surface area contributed by atoms with E-state index in [0.29, 0.717) is 18.8 Å². The predicted molar refractivity (Wildman–Crippen MR) is 100 cm³/mol. The van der Waals surface area contributed by atoms with Crippen molar-refractivity contribution in [3.8, 4) is 5.75 Å². The fraction of sp³-hybridized carbons (Fsp3) is 0.550. The molecule has 1 aromatic carbocycles. The van der Waals surface area contributed by atoms with Crippen molar-refractivity contribution in [2.75, 3.05) is 26.3 Å². The number of amides is 2. The molecule has 0 aromatic heterocycles. The summed E-state index contributed by atoms with van der Waals surface area (Å²) in [6, 6.07) is 6.73. The second-order valence-corrected chi connectivity index (χ2v) is 7.47. The molecule has 2 rings (SSSR count). The van der Waals surface area contributed by atoms with E-state index in [9.17, 15) is 14.4 Å². The lowest BCUT2D eigenvalue weighted by molar-refractivity contribution is -0.152. The lowest BCUT2D eigenvalue weighted by Gasteiger charge is -2.34. The Hall–Kier alpha value is -2.57. The van der Waals surface area contributed by atoms with Gasteiger partial charge in [-0.15, -0.1) is 0 Å². The molecular formula is C20H28N2O5. The first-order valence-electron chi connectivity index (χ1n) is 9.18. The van der Waals surface area contributed by atoms with Gasteiger partial charge in [0.2, 0.25) is 5.91 Å². The average Bonchev–Trinajstić information content (AvgIpc) is 2.61. The maximum atomic E-state index is 12.6. The van der Waals surface area contributed by atoms with Gasteiger partial charge in [0.25, 0.3) is 5.91 Å². The number of nitrogens with one attached hydrogen (secondary N) is 1. The molecule has 0 aliphatic carbocycles. The van der Waals surface area contributed by atoms with Gasteiger partial charge in [0.05, 0.1) is 13.0 Å². The molecule has 0 saturated carbocycles. The molecule has 0 radical (unpaired) electrons. The standard InChI is InChI=1S/C20H28N2O5/c1-5-26-18(24)12-16-19(25)21-10-11-22(16)17(23)13-27-15-8-6-14(7-9-15)20(2,3)4/h6-9,16H,5,10-13H2,1-4H3,(H,21,25)/t16-/m1/s1. The van der Waals surface area contributed by atoms with Gasteiger partial charge in [-0.05, 0) is 30.0 Å².